The second-order valence-corrected chi connectivity index (χ2v) is 5.97. The predicted molar refractivity (Wildman–Crippen MR) is 77.3 cm³/mol. The van der Waals surface area contributed by atoms with Crippen LogP contribution in [0.3, 0.4) is 0 Å². The summed E-state index contributed by atoms with van der Waals surface area (Å²) >= 11 is 0. The van der Waals surface area contributed by atoms with Crippen molar-refractivity contribution in [2.24, 2.45) is 5.73 Å². The van der Waals surface area contributed by atoms with Gasteiger partial charge in [-0.2, -0.15) is 0 Å². The molecule has 18 heavy (non-hydrogen) atoms. The maximum atomic E-state index is 5.87. The molecule has 2 heteroatoms. The Balaban J connectivity index is 1.91. The molecule has 2 N–H and O–H groups in total. The van der Waals surface area contributed by atoms with E-state index in [0.717, 1.165) is 12.8 Å². The summed E-state index contributed by atoms with van der Waals surface area (Å²) in [5.41, 5.74) is 12.1. The zero-order valence-corrected chi connectivity index (χ0v) is 11.4. The van der Waals surface area contributed by atoms with Gasteiger partial charge in [0, 0.05) is 24.8 Å². The van der Waals surface area contributed by atoms with Gasteiger partial charge in [0.1, 0.15) is 0 Å². The van der Waals surface area contributed by atoms with E-state index in [1.54, 1.807) is 16.8 Å². The van der Waals surface area contributed by atoms with E-state index in [2.05, 4.69) is 24.0 Å². The highest BCUT2D eigenvalue weighted by Crippen LogP contribution is 2.36. The highest BCUT2D eigenvalue weighted by atomic mass is 15.1. The van der Waals surface area contributed by atoms with Crippen LogP contribution in [0.25, 0.3) is 0 Å². The third-order valence-corrected chi connectivity index (χ3v) is 4.28. The van der Waals surface area contributed by atoms with Crippen LogP contribution in [0, 0.1) is 0 Å². The number of nitrogens with two attached hydrogens (primary N) is 1. The predicted octanol–water partition coefficient (Wildman–Crippen LogP) is 2.67. The van der Waals surface area contributed by atoms with Crippen molar-refractivity contribution in [1.29, 1.82) is 0 Å². The zero-order valence-electron chi connectivity index (χ0n) is 11.4. The standard InChI is InChI=1S/C16H24N2/c1-12(17)6-7-13-10-14-4-2-8-18-9-3-5-15(11-13)16(14)18/h10-12H,2-9,17H2,1H3. The largest absolute Gasteiger partial charge is 0.371 e. The van der Waals surface area contributed by atoms with E-state index in [0.29, 0.717) is 6.04 Å². The number of aryl methyl sites for hydroxylation is 3. The van der Waals surface area contributed by atoms with Crippen molar-refractivity contribution in [3.63, 3.8) is 0 Å². The molecule has 2 aliphatic rings. The zero-order chi connectivity index (χ0) is 12.5. The summed E-state index contributed by atoms with van der Waals surface area (Å²) in [6.07, 6.45) is 7.42. The average molecular weight is 244 g/mol. The van der Waals surface area contributed by atoms with Gasteiger partial charge in [0.05, 0.1) is 0 Å². The van der Waals surface area contributed by atoms with Crippen molar-refractivity contribution < 1.29 is 0 Å². The summed E-state index contributed by atoms with van der Waals surface area (Å²) in [5.74, 6) is 0. The van der Waals surface area contributed by atoms with E-state index in [1.807, 2.05) is 0 Å². The van der Waals surface area contributed by atoms with Gasteiger partial charge in [0.2, 0.25) is 0 Å². The Hall–Kier alpha value is -1.02. The van der Waals surface area contributed by atoms with Crippen molar-refractivity contribution in [2.75, 3.05) is 18.0 Å². The molecule has 0 aromatic heterocycles. The van der Waals surface area contributed by atoms with Gasteiger partial charge in [-0.1, -0.05) is 12.1 Å². The minimum atomic E-state index is 0.314. The second kappa shape index (κ2) is 4.93. The van der Waals surface area contributed by atoms with Crippen LogP contribution in [-0.4, -0.2) is 19.1 Å². The molecule has 1 unspecified atom stereocenters. The Bertz CT molecular complexity index is 406. The molecule has 2 aliphatic heterocycles. The second-order valence-electron chi connectivity index (χ2n) is 5.97. The molecular weight excluding hydrogens is 220 g/mol. The molecule has 98 valence electrons. The van der Waals surface area contributed by atoms with Gasteiger partial charge >= 0.3 is 0 Å². The molecule has 0 amide bonds. The minimum Gasteiger partial charge on any atom is -0.371 e. The summed E-state index contributed by atoms with van der Waals surface area (Å²) in [5, 5.41) is 0. The van der Waals surface area contributed by atoms with Gasteiger partial charge in [-0.25, -0.2) is 0 Å². The first kappa shape index (κ1) is 12.0. The molecule has 0 bridgehead atoms. The summed E-state index contributed by atoms with van der Waals surface area (Å²) in [7, 11) is 0. The van der Waals surface area contributed by atoms with E-state index in [9.17, 15) is 0 Å². The van der Waals surface area contributed by atoms with Gasteiger partial charge in [-0.15, -0.1) is 0 Å². The summed E-state index contributed by atoms with van der Waals surface area (Å²) in [6.45, 7) is 4.63. The monoisotopic (exact) mass is 244 g/mol. The van der Waals surface area contributed by atoms with Gasteiger partial charge in [-0.05, 0) is 62.1 Å². The molecule has 0 saturated heterocycles. The maximum absolute atomic E-state index is 5.87. The molecule has 0 fully saturated rings. The van der Waals surface area contributed by atoms with Crippen molar-refractivity contribution in [3.8, 4) is 0 Å². The van der Waals surface area contributed by atoms with Crippen molar-refractivity contribution in [2.45, 2.75) is 51.5 Å². The fourth-order valence-corrected chi connectivity index (χ4v) is 3.41. The van der Waals surface area contributed by atoms with Crippen LogP contribution in [0.5, 0.6) is 0 Å². The fraction of sp³-hybridized carbons (Fsp3) is 0.625. The Morgan fingerprint density at radius 2 is 1.78 bits per heavy atom. The Labute approximate surface area is 110 Å². The van der Waals surface area contributed by atoms with Crippen molar-refractivity contribution in [1.82, 2.24) is 0 Å². The van der Waals surface area contributed by atoms with Crippen LogP contribution < -0.4 is 10.6 Å². The number of benzene rings is 1. The Kier molecular flexibility index (Phi) is 3.29. The van der Waals surface area contributed by atoms with E-state index < -0.39 is 0 Å². The number of rotatable bonds is 3. The number of nitrogens with zero attached hydrogens (tertiary/aromatic N) is 1. The van der Waals surface area contributed by atoms with Crippen LogP contribution in [0.1, 0.15) is 42.9 Å². The number of hydrogen-bond acceptors (Lipinski definition) is 2. The van der Waals surface area contributed by atoms with E-state index in [1.165, 1.54) is 44.3 Å². The van der Waals surface area contributed by atoms with Crippen LogP contribution in [0.15, 0.2) is 12.1 Å². The Morgan fingerprint density at radius 1 is 1.17 bits per heavy atom. The van der Waals surface area contributed by atoms with E-state index in [-0.39, 0.29) is 0 Å². The van der Waals surface area contributed by atoms with Gasteiger partial charge in [0.15, 0.2) is 0 Å². The van der Waals surface area contributed by atoms with Gasteiger partial charge in [-0.3, -0.25) is 0 Å². The molecule has 0 aliphatic carbocycles. The lowest BCUT2D eigenvalue weighted by Gasteiger charge is -2.37. The van der Waals surface area contributed by atoms with Crippen LogP contribution in [-0.2, 0) is 19.3 Å². The highest BCUT2D eigenvalue weighted by Gasteiger charge is 2.23. The average Bonchev–Trinajstić information content (AvgIpc) is 2.37. The smallest absolute Gasteiger partial charge is 0.0431 e. The highest BCUT2D eigenvalue weighted by molar-refractivity contribution is 5.64. The SMILES string of the molecule is CC(N)CCc1cc2c3c(c1)CCCN3CCC2. The Morgan fingerprint density at radius 3 is 2.33 bits per heavy atom. The van der Waals surface area contributed by atoms with E-state index >= 15 is 0 Å². The third kappa shape index (κ3) is 2.26. The van der Waals surface area contributed by atoms with E-state index in [4.69, 9.17) is 5.73 Å². The lowest BCUT2D eigenvalue weighted by molar-refractivity contribution is 0.628. The number of anilines is 1. The molecule has 3 rings (SSSR count). The van der Waals surface area contributed by atoms with Crippen molar-refractivity contribution >= 4 is 5.69 Å². The topological polar surface area (TPSA) is 29.3 Å². The first-order chi connectivity index (χ1) is 8.74. The molecule has 1 aromatic rings. The fourth-order valence-electron chi connectivity index (χ4n) is 3.41. The molecule has 2 heterocycles. The normalized spacial score (nSPS) is 19.6. The molecule has 0 radical (unpaired) electrons. The summed E-state index contributed by atoms with van der Waals surface area (Å²) in [6, 6.07) is 5.20. The quantitative estimate of drug-likeness (QED) is 0.885. The third-order valence-electron chi connectivity index (χ3n) is 4.28. The van der Waals surface area contributed by atoms with Crippen LogP contribution in [0.4, 0.5) is 5.69 Å². The maximum Gasteiger partial charge on any atom is 0.0431 e. The lowest BCUT2D eigenvalue weighted by Crippen LogP contribution is -2.34. The minimum absolute atomic E-state index is 0.314. The first-order valence-electron chi connectivity index (χ1n) is 7.39. The molecule has 0 spiro atoms. The van der Waals surface area contributed by atoms with Gasteiger partial charge in [0.25, 0.3) is 0 Å². The van der Waals surface area contributed by atoms with Crippen LogP contribution >= 0.6 is 0 Å². The summed E-state index contributed by atoms with van der Waals surface area (Å²) in [4.78, 5) is 2.60. The first-order valence-corrected chi connectivity index (χ1v) is 7.39. The summed E-state index contributed by atoms with van der Waals surface area (Å²) < 4.78 is 0. The lowest BCUT2D eigenvalue weighted by atomic mass is 9.89. The van der Waals surface area contributed by atoms with Crippen LogP contribution in [0.2, 0.25) is 0 Å². The number of hydrogen-bond donors (Lipinski definition) is 1. The molecule has 1 aromatic carbocycles. The molecular formula is C16H24N2. The molecule has 1 atom stereocenters. The molecule has 0 saturated carbocycles. The van der Waals surface area contributed by atoms with Crippen molar-refractivity contribution in [3.05, 3.63) is 28.8 Å². The molecule has 2 nitrogen and oxygen atoms in total. The van der Waals surface area contributed by atoms with Gasteiger partial charge < -0.3 is 10.6 Å².